The molecule has 172 valence electrons. The molecule has 0 spiro atoms. The van der Waals surface area contributed by atoms with E-state index >= 15 is 0 Å². The number of nitrogens with two attached hydrogens (primary N) is 1. The molecule has 4 fully saturated rings. The predicted octanol–water partition coefficient (Wildman–Crippen LogP) is 2.31. The standard InChI is InChI=1S/C24H42N2O4/c1-15-20(27)12-21(28)22(23(15)30-14-16-5-3-2-4-6-16)24(29)26-10-9-17-7-8-19(25)11-18(17)13-26/h15-23,27-28H,2-14,25H2,1H3. The van der Waals surface area contributed by atoms with Gasteiger partial charge in [0.1, 0.15) is 0 Å². The highest BCUT2D eigenvalue weighted by molar-refractivity contribution is 5.80. The molecule has 0 aromatic carbocycles. The number of nitrogens with zero attached hydrogens (tertiary/aromatic N) is 1. The molecule has 1 saturated heterocycles. The average molecular weight is 423 g/mol. The highest BCUT2D eigenvalue weighted by atomic mass is 16.5. The van der Waals surface area contributed by atoms with Crippen molar-refractivity contribution >= 4 is 5.91 Å². The monoisotopic (exact) mass is 422 g/mol. The zero-order valence-electron chi connectivity index (χ0n) is 18.6. The molecule has 6 nitrogen and oxygen atoms in total. The second-order valence-corrected chi connectivity index (χ2v) is 10.7. The summed E-state index contributed by atoms with van der Waals surface area (Å²) in [7, 11) is 0. The minimum atomic E-state index is -0.841. The second kappa shape index (κ2) is 9.85. The van der Waals surface area contributed by atoms with Crippen LogP contribution in [0.1, 0.15) is 71.1 Å². The molecule has 1 heterocycles. The first-order valence-corrected chi connectivity index (χ1v) is 12.5. The van der Waals surface area contributed by atoms with E-state index in [2.05, 4.69) is 0 Å². The van der Waals surface area contributed by atoms with Crippen LogP contribution in [0.15, 0.2) is 0 Å². The lowest BCUT2D eigenvalue weighted by atomic mass is 9.72. The third-order valence-corrected chi connectivity index (χ3v) is 8.63. The summed E-state index contributed by atoms with van der Waals surface area (Å²) < 4.78 is 6.34. The van der Waals surface area contributed by atoms with E-state index < -0.39 is 24.2 Å². The number of aliphatic hydroxyl groups excluding tert-OH is 2. The topological polar surface area (TPSA) is 96.0 Å². The van der Waals surface area contributed by atoms with E-state index in [1.54, 1.807) is 0 Å². The van der Waals surface area contributed by atoms with Gasteiger partial charge in [-0.2, -0.15) is 0 Å². The molecular weight excluding hydrogens is 380 g/mol. The van der Waals surface area contributed by atoms with Crippen LogP contribution in [0.2, 0.25) is 0 Å². The van der Waals surface area contributed by atoms with Gasteiger partial charge >= 0.3 is 0 Å². The molecule has 6 heteroatoms. The van der Waals surface area contributed by atoms with Gasteiger partial charge in [-0.05, 0) is 56.3 Å². The van der Waals surface area contributed by atoms with Gasteiger partial charge in [-0.25, -0.2) is 0 Å². The largest absolute Gasteiger partial charge is 0.393 e. The highest BCUT2D eigenvalue weighted by Crippen LogP contribution is 2.39. The summed E-state index contributed by atoms with van der Waals surface area (Å²) in [6, 6.07) is 0.253. The van der Waals surface area contributed by atoms with Gasteiger partial charge in [0, 0.05) is 38.1 Å². The lowest BCUT2D eigenvalue weighted by molar-refractivity contribution is -0.172. The number of ether oxygens (including phenoxy) is 1. The van der Waals surface area contributed by atoms with Crippen LogP contribution in [0.25, 0.3) is 0 Å². The van der Waals surface area contributed by atoms with Crippen LogP contribution in [0.4, 0.5) is 0 Å². The Morgan fingerprint density at radius 2 is 1.77 bits per heavy atom. The van der Waals surface area contributed by atoms with E-state index in [0.29, 0.717) is 24.4 Å². The number of fused-ring (bicyclic) bond motifs is 1. The number of likely N-dealkylation sites (tertiary alicyclic amines) is 1. The number of aliphatic hydroxyl groups is 2. The van der Waals surface area contributed by atoms with E-state index in [4.69, 9.17) is 10.5 Å². The van der Waals surface area contributed by atoms with Crippen LogP contribution < -0.4 is 5.73 Å². The van der Waals surface area contributed by atoms with E-state index in [-0.39, 0.29) is 24.3 Å². The molecular formula is C24H42N2O4. The van der Waals surface area contributed by atoms with Crippen molar-refractivity contribution in [3.8, 4) is 0 Å². The van der Waals surface area contributed by atoms with Crippen LogP contribution in [-0.2, 0) is 9.53 Å². The Bertz CT molecular complexity index is 582. The van der Waals surface area contributed by atoms with Crippen molar-refractivity contribution in [1.82, 2.24) is 4.90 Å². The zero-order chi connectivity index (χ0) is 21.3. The summed E-state index contributed by atoms with van der Waals surface area (Å²) in [5.41, 5.74) is 6.20. The van der Waals surface area contributed by atoms with Crippen molar-refractivity contribution in [3.05, 3.63) is 0 Å². The lowest BCUT2D eigenvalue weighted by Gasteiger charge is -2.47. The summed E-state index contributed by atoms with van der Waals surface area (Å²) >= 11 is 0. The SMILES string of the molecule is CC1C(O)CC(O)C(C(=O)N2CCC3CCC(N)CC3C2)C1OCC1CCCCC1. The Kier molecular flexibility index (Phi) is 7.38. The molecule has 0 bridgehead atoms. The van der Waals surface area contributed by atoms with E-state index in [9.17, 15) is 15.0 Å². The summed E-state index contributed by atoms with van der Waals surface area (Å²) in [5.74, 6) is 1.01. The number of amides is 1. The highest BCUT2D eigenvalue weighted by Gasteiger charge is 2.48. The van der Waals surface area contributed by atoms with Crippen LogP contribution in [0.3, 0.4) is 0 Å². The van der Waals surface area contributed by atoms with Gasteiger partial charge in [-0.15, -0.1) is 0 Å². The van der Waals surface area contributed by atoms with Gasteiger partial charge in [0.25, 0.3) is 0 Å². The number of hydrogen-bond donors (Lipinski definition) is 3. The second-order valence-electron chi connectivity index (χ2n) is 10.7. The fourth-order valence-corrected chi connectivity index (χ4v) is 6.61. The Morgan fingerprint density at radius 1 is 1.00 bits per heavy atom. The van der Waals surface area contributed by atoms with Gasteiger partial charge in [0.15, 0.2) is 0 Å². The number of rotatable bonds is 4. The molecule has 3 aliphatic carbocycles. The quantitative estimate of drug-likeness (QED) is 0.646. The fourth-order valence-electron chi connectivity index (χ4n) is 6.61. The first-order valence-electron chi connectivity index (χ1n) is 12.5. The Morgan fingerprint density at radius 3 is 2.53 bits per heavy atom. The summed E-state index contributed by atoms with van der Waals surface area (Å²) in [4.78, 5) is 15.6. The Labute approximate surface area is 181 Å². The number of piperidine rings is 1. The van der Waals surface area contributed by atoms with Crippen molar-refractivity contribution in [2.45, 2.75) is 95.5 Å². The lowest BCUT2D eigenvalue weighted by Crippen LogP contribution is -2.58. The molecule has 0 aromatic heterocycles. The van der Waals surface area contributed by atoms with Crippen LogP contribution in [-0.4, -0.2) is 65.1 Å². The van der Waals surface area contributed by atoms with E-state index in [1.807, 2.05) is 11.8 Å². The maximum Gasteiger partial charge on any atom is 0.230 e. The first-order chi connectivity index (χ1) is 14.4. The van der Waals surface area contributed by atoms with Crippen molar-refractivity contribution < 1.29 is 19.7 Å². The van der Waals surface area contributed by atoms with Crippen molar-refractivity contribution in [2.75, 3.05) is 19.7 Å². The predicted molar refractivity (Wildman–Crippen MR) is 116 cm³/mol. The average Bonchev–Trinajstić information content (AvgIpc) is 2.75. The maximum atomic E-state index is 13.6. The molecule has 30 heavy (non-hydrogen) atoms. The Balaban J connectivity index is 1.43. The molecule has 4 aliphatic rings. The number of carbonyl (C=O) groups is 1. The van der Waals surface area contributed by atoms with Gasteiger partial charge in [0.05, 0.1) is 24.2 Å². The van der Waals surface area contributed by atoms with Crippen molar-refractivity contribution in [2.24, 2.45) is 35.3 Å². The summed E-state index contributed by atoms with van der Waals surface area (Å²) in [6.45, 7) is 4.13. The smallest absolute Gasteiger partial charge is 0.230 e. The normalized spacial score (nSPS) is 43.3. The first kappa shape index (κ1) is 22.5. The van der Waals surface area contributed by atoms with Gasteiger partial charge < -0.3 is 25.6 Å². The molecule has 4 N–H and O–H groups in total. The summed E-state index contributed by atoms with van der Waals surface area (Å²) in [6.07, 6.45) is 8.86. The van der Waals surface area contributed by atoms with Gasteiger partial charge in [-0.3, -0.25) is 4.79 Å². The molecule has 4 rings (SSSR count). The summed E-state index contributed by atoms with van der Waals surface area (Å²) in [5, 5.41) is 21.3. The molecule has 0 radical (unpaired) electrons. The van der Waals surface area contributed by atoms with Gasteiger partial charge in [0.2, 0.25) is 5.91 Å². The number of hydrogen-bond acceptors (Lipinski definition) is 5. The molecule has 8 unspecified atom stereocenters. The van der Waals surface area contributed by atoms with Crippen LogP contribution in [0.5, 0.6) is 0 Å². The van der Waals surface area contributed by atoms with Crippen molar-refractivity contribution in [3.63, 3.8) is 0 Å². The molecule has 1 aliphatic heterocycles. The van der Waals surface area contributed by atoms with E-state index in [0.717, 1.165) is 32.4 Å². The Hall–Kier alpha value is -0.690. The van der Waals surface area contributed by atoms with E-state index in [1.165, 1.54) is 38.5 Å². The number of carbonyl (C=O) groups excluding carboxylic acids is 1. The minimum absolute atomic E-state index is 0.0208. The molecule has 0 aromatic rings. The molecule has 8 atom stereocenters. The van der Waals surface area contributed by atoms with Crippen LogP contribution in [0, 0.1) is 29.6 Å². The van der Waals surface area contributed by atoms with Crippen LogP contribution >= 0.6 is 0 Å². The molecule has 1 amide bonds. The minimum Gasteiger partial charge on any atom is -0.393 e. The maximum absolute atomic E-state index is 13.6. The zero-order valence-corrected chi connectivity index (χ0v) is 18.6. The fraction of sp³-hybridized carbons (Fsp3) is 0.958. The van der Waals surface area contributed by atoms with Crippen molar-refractivity contribution in [1.29, 1.82) is 0 Å². The third kappa shape index (κ3) is 4.87. The third-order valence-electron chi connectivity index (χ3n) is 8.63. The molecule has 3 saturated carbocycles. The van der Waals surface area contributed by atoms with Gasteiger partial charge in [-0.1, -0.05) is 26.2 Å².